The van der Waals surface area contributed by atoms with Crippen LogP contribution < -0.4 is 10.6 Å². The lowest BCUT2D eigenvalue weighted by atomic mass is 10.1. The summed E-state index contributed by atoms with van der Waals surface area (Å²) in [5.41, 5.74) is 0.745. The Bertz CT molecular complexity index is 656. The Morgan fingerprint density at radius 2 is 1.50 bits per heavy atom. The van der Waals surface area contributed by atoms with E-state index in [0.29, 0.717) is 5.69 Å². The molecule has 2 N–H and O–H groups in total. The van der Waals surface area contributed by atoms with Crippen LogP contribution in [-0.2, 0) is 4.79 Å². The maximum atomic E-state index is 13.5. The summed E-state index contributed by atoms with van der Waals surface area (Å²) < 4.78 is 13.5. The molecule has 0 heterocycles. The predicted molar refractivity (Wildman–Crippen MR) is 75.1 cm³/mol. The van der Waals surface area contributed by atoms with Crippen molar-refractivity contribution in [2.45, 2.75) is 6.92 Å². The number of carbonyl (C=O) groups excluding carboxylic acids is 2. The largest absolute Gasteiger partial charge is 0.326 e. The van der Waals surface area contributed by atoms with E-state index in [1.807, 2.05) is 0 Å². The first-order valence-electron chi connectivity index (χ1n) is 6.00. The molecule has 0 bridgehead atoms. The number of nitrogens with one attached hydrogen (secondary N) is 2. The normalized spacial score (nSPS) is 9.90. The number of hydrogen-bond donors (Lipinski definition) is 2. The predicted octanol–water partition coefficient (Wildman–Crippen LogP) is 3.04. The van der Waals surface area contributed by atoms with Gasteiger partial charge in [0.2, 0.25) is 5.91 Å². The van der Waals surface area contributed by atoms with E-state index in [4.69, 9.17) is 0 Å². The molecule has 2 amide bonds. The molecule has 0 aliphatic carbocycles. The highest BCUT2D eigenvalue weighted by atomic mass is 19.1. The van der Waals surface area contributed by atoms with Crippen LogP contribution >= 0.6 is 0 Å². The smallest absolute Gasteiger partial charge is 0.257 e. The van der Waals surface area contributed by atoms with Gasteiger partial charge in [-0.05, 0) is 24.3 Å². The van der Waals surface area contributed by atoms with Gasteiger partial charge in [0.05, 0.1) is 16.9 Å². The zero-order chi connectivity index (χ0) is 14.5. The van der Waals surface area contributed by atoms with E-state index in [-0.39, 0.29) is 17.2 Å². The van der Waals surface area contributed by atoms with E-state index >= 15 is 0 Å². The molecule has 20 heavy (non-hydrogen) atoms. The highest BCUT2D eigenvalue weighted by molar-refractivity contribution is 6.09. The third-order valence-corrected chi connectivity index (χ3v) is 2.60. The van der Waals surface area contributed by atoms with E-state index in [0.717, 1.165) is 0 Å². The number of amides is 2. The van der Waals surface area contributed by atoms with Crippen LogP contribution in [-0.4, -0.2) is 11.8 Å². The second-order valence-corrected chi connectivity index (χ2v) is 4.16. The summed E-state index contributed by atoms with van der Waals surface area (Å²) in [7, 11) is 0. The molecule has 4 nitrogen and oxygen atoms in total. The topological polar surface area (TPSA) is 58.2 Å². The minimum absolute atomic E-state index is 0.0927. The van der Waals surface area contributed by atoms with Gasteiger partial charge in [-0.15, -0.1) is 0 Å². The molecule has 2 rings (SSSR count). The summed E-state index contributed by atoms with van der Waals surface area (Å²) in [6.45, 7) is 1.35. The van der Waals surface area contributed by atoms with Crippen molar-refractivity contribution in [3.8, 4) is 0 Å². The van der Waals surface area contributed by atoms with Gasteiger partial charge in [0.15, 0.2) is 0 Å². The van der Waals surface area contributed by atoms with Gasteiger partial charge in [0.25, 0.3) is 5.91 Å². The molecule has 0 saturated heterocycles. The summed E-state index contributed by atoms with van der Waals surface area (Å²) in [4.78, 5) is 23.2. The van der Waals surface area contributed by atoms with Crippen LogP contribution in [0.5, 0.6) is 0 Å². The van der Waals surface area contributed by atoms with Crippen molar-refractivity contribution in [2.24, 2.45) is 0 Å². The molecule has 0 aliphatic heterocycles. The van der Waals surface area contributed by atoms with Gasteiger partial charge in [-0.25, -0.2) is 4.39 Å². The first-order chi connectivity index (χ1) is 9.58. The molecule has 102 valence electrons. The molecule has 5 heteroatoms. The van der Waals surface area contributed by atoms with Crippen molar-refractivity contribution in [1.29, 1.82) is 0 Å². The van der Waals surface area contributed by atoms with E-state index in [1.165, 1.54) is 25.1 Å². The number of para-hydroxylation sites is 2. The minimum atomic E-state index is -0.516. The molecule has 0 spiro atoms. The van der Waals surface area contributed by atoms with Crippen LogP contribution in [0, 0.1) is 5.82 Å². The van der Waals surface area contributed by atoms with Crippen molar-refractivity contribution >= 4 is 23.2 Å². The molecule has 0 unspecified atom stereocenters. The molecule has 0 aromatic heterocycles. The minimum Gasteiger partial charge on any atom is -0.326 e. The lowest BCUT2D eigenvalue weighted by Crippen LogP contribution is -2.17. The van der Waals surface area contributed by atoms with E-state index in [1.54, 1.807) is 30.3 Å². The van der Waals surface area contributed by atoms with E-state index in [9.17, 15) is 14.0 Å². The molecule has 0 saturated carbocycles. The first-order valence-corrected chi connectivity index (χ1v) is 6.00. The van der Waals surface area contributed by atoms with E-state index in [2.05, 4.69) is 10.6 Å². The van der Waals surface area contributed by atoms with Crippen molar-refractivity contribution in [3.05, 3.63) is 59.9 Å². The molecular weight excluding hydrogens is 259 g/mol. The molecule has 0 fully saturated rings. The van der Waals surface area contributed by atoms with Gasteiger partial charge >= 0.3 is 0 Å². The molecular formula is C15H13FN2O2. The maximum absolute atomic E-state index is 13.5. The average molecular weight is 272 g/mol. The molecule has 0 radical (unpaired) electrons. The van der Waals surface area contributed by atoms with Gasteiger partial charge in [0.1, 0.15) is 5.82 Å². The highest BCUT2D eigenvalue weighted by Crippen LogP contribution is 2.18. The van der Waals surface area contributed by atoms with Gasteiger partial charge in [-0.2, -0.15) is 0 Å². The lowest BCUT2D eigenvalue weighted by molar-refractivity contribution is -0.114. The monoisotopic (exact) mass is 272 g/mol. The Morgan fingerprint density at radius 1 is 0.900 bits per heavy atom. The fourth-order valence-corrected chi connectivity index (χ4v) is 1.73. The maximum Gasteiger partial charge on any atom is 0.257 e. The zero-order valence-corrected chi connectivity index (χ0v) is 10.8. The van der Waals surface area contributed by atoms with Crippen molar-refractivity contribution in [1.82, 2.24) is 0 Å². The van der Waals surface area contributed by atoms with Crippen LogP contribution in [0.25, 0.3) is 0 Å². The highest BCUT2D eigenvalue weighted by Gasteiger charge is 2.13. The fraction of sp³-hybridized carbons (Fsp3) is 0.0667. The molecule has 0 atom stereocenters. The Morgan fingerprint density at radius 3 is 2.15 bits per heavy atom. The number of rotatable bonds is 3. The van der Waals surface area contributed by atoms with Crippen molar-refractivity contribution in [2.75, 3.05) is 10.6 Å². The third kappa shape index (κ3) is 3.20. The average Bonchev–Trinajstić information content (AvgIpc) is 2.41. The summed E-state index contributed by atoms with van der Waals surface area (Å²) in [5.74, 6) is -1.28. The summed E-state index contributed by atoms with van der Waals surface area (Å²) in [5, 5.41) is 5.04. The summed E-state index contributed by atoms with van der Waals surface area (Å²) in [6, 6.07) is 12.4. The molecule has 2 aromatic carbocycles. The second-order valence-electron chi connectivity index (χ2n) is 4.16. The first kappa shape index (κ1) is 13.7. The SMILES string of the molecule is CC(=O)Nc1ccccc1C(=O)Nc1ccccc1F. The van der Waals surface area contributed by atoms with Crippen LogP contribution in [0.1, 0.15) is 17.3 Å². The van der Waals surface area contributed by atoms with Gasteiger partial charge in [-0.1, -0.05) is 24.3 Å². The van der Waals surface area contributed by atoms with Crippen LogP contribution in [0.3, 0.4) is 0 Å². The van der Waals surface area contributed by atoms with Crippen molar-refractivity contribution in [3.63, 3.8) is 0 Å². The van der Waals surface area contributed by atoms with Gasteiger partial charge in [0, 0.05) is 6.92 Å². The number of halogens is 1. The number of hydrogen-bond acceptors (Lipinski definition) is 2. The Hall–Kier alpha value is -2.69. The number of anilines is 2. The second kappa shape index (κ2) is 5.97. The fourth-order valence-electron chi connectivity index (χ4n) is 1.73. The lowest BCUT2D eigenvalue weighted by Gasteiger charge is -2.10. The Kier molecular flexibility index (Phi) is 4.10. The summed E-state index contributed by atoms with van der Waals surface area (Å²) in [6.07, 6.45) is 0. The van der Waals surface area contributed by atoms with Crippen LogP contribution in [0.15, 0.2) is 48.5 Å². The Balaban J connectivity index is 2.26. The van der Waals surface area contributed by atoms with E-state index < -0.39 is 11.7 Å². The zero-order valence-electron chi connectivity index (χ0n) is 10.8. The number of benzene rings is 2. The standard InChI is InChI=1S/C15H13FN2O2/c1-10(19)17-13-8-4-2-6-11(13)15(20)18-14-9-5-3-7-12(14)16/h2-9H,1H3,(H,17,19)(H,18,20). The molecule has 2 aromatic rings. The third-order valence-electron chi connectivity index (χ3n) is 2.60. The van der Waals surface area contributed by atoms with Gasteiger partial charge < -0.3 is 10.6 Å². The quantitative estimate of drug-likeness (QED) is 0.902. The number of carbonyl (C=O) groups is 2. The van der Waals surface area contributed by atoms with Crippen molar-refractivity contribution < 1.29 is 14.0 Å². The summed E-state index contributed by atoms with van der Waals surface area (Å²) >= 11 is 0. The van der Waals surface area contributed by atoms with Crippen LogP contribution in [0.4, 0.5) is 15.8 Å². The van der Waals surface area contributed by atoms with Crippen LogP contribution in [0.2, 0.25) is 0 Å². The molecule has 0 aliphatic rings. The Labute approximate surface area is 115 Å². The van der Waals surface area contributed by atoms with Gasteiger partial charge in [-0.3, -0.25) is 9.59 Å².